The van der Waals surface area contributed by atoms with Gasteiger partial charge in [0.25, 0.3) is 0 Å². The van der Waals surface area contributed by atoms with Gasteiger partial charge >= 0.3 is 0 Å². The summed E-state index contributed by atoms with van der Waals surface area (Å²) in [6.07, 6.45) is 2.85. The number of pyridine rings is 1. The third-order valence-corrected chi connectivity index (χ3v) is 2.52. The minimum absolute atomic E-state index is 0.0572. The molecule has 0 aliphatic heterocycles. The molecule has 0 aliphatic carbocycles. The number of ether oxygens (including phenoxy) is 1. The minimum atomic E-state index is -1.19. The summed E-state index contributed by atoms with van der Waals surface area (Å²) in [5.74, 6) is -0.143. The highest BCUT2D eigenvalue weighted by Gasteiger charge is 2.15. The van der Waals surface area contributed by atoms with Crippen LogP contribution in [0.25, 0.3) is 0 Å². The van der Waals surface area contributed by atoms with E-state index in [1.165, 1.54) is 25.6 Å². The van der Waals surface area contributed by atoms with E-state index >= 15 is 0 Å². The molecule has 0 radical (unpaired) electrons. The Morgan fingerprint density at radius 2 is 2.33 bits per heavy atom. The molecule has 0 saturated carbocycles. The zero-order valence-corrected chi connectivity index (χ0v) is 9.89. The molecule has 0 aliphatic rings. The lowest BCUT2D eigenvalue weighted by Crippen LogP contribution is -2.11. The predicted octanol–water partition coefficient (Wildman–Crippen LogP) is 1.30. The molecule has 1 aromatic rings. The van der Waals surface area contributed by atoms with E-state index in [9.17, 15) is 9.00 Å². The van der Waals surface area contributed by atoms with Crippen LogP contribution in [0.4, 0.5) is 0 Å². The van der Waals surface area contributed by atoms with Crippen molar-refractivity contribution in [2.75, 3.05) is 19.1 Å². The van der Waals surface area contributed by atoms with Gasteiger partial charge in [0, 0.05) is 23.3 Å². The molecule has 1 unspecified atom stereocenters. The average Bonchev–Trinajstić information content (AvgIpc) is 2.16. The summed E-state index contributed by atoms with van der Waals surface area (Å²) in [4.78, 5) is 15.5. The number of rotatable bonds is 4. The molecule has 1 aromatic heterocycles. The van der Waals surface area contributed by atoms with E-state index in [4.69, 9.17) is 16.3 Å². The Bertz CT molecular complexity index is 408. The van der Waals surface area contributed by atoms with E-state index in [0.29, 0.717) is 5.02 Å². The van der Waals surface area contributed by atoms with Gasteiger partial charge in [0.1, 0.15) is 0 Å². The SMILES string of the molecule is COc1ncc(Cl)cc1C(=O)CS(C)=O. The summed E-state index contributed by atoms with van der Waals surface area (Å²) in [5, 5.41) is 0.348. The Morgan fingerprint density at radius 1 is 1.67 bits per heavy atom. The quantitative estimate of drug-likeness (QED) is 0.753. The third-order valence-electron chi connectivity index (χ3n) is 1.65. The molecule has 6 heteroatoms. The third kappa shape index (κ3) is 3.28. The molecular weight excluding hydrogens is 238 g/mol. The number of Topliss-reactive ketones (excluding diaryl/α,β-unsaturated/α-hetero) is 1. The number of carbonyl (C=O) groups is 1. The van der Waals surface area contributed by atoms with Crippen LogP contribution in [0.15, 0.2) is 12.3 Å². The maximum atomic E-state index is 11.6. The molecule has 1 heterocycles. The molecule has 0 spiro atoms. The van der Waals surface area contributed by atoms with Gasteiger partial charge in [0.05, 0.1) is 23.4 Å². The van der Waals surface area contributed by atoms with E-state index in [-0.39, 0.29) is 23.0 Å². The molecule has 0 bridgehead atoms. The molecule has 82 valence electrons. The Kier molecular flexibility index (Phi) is 4.23. The molecule has 0 aromatic carbocycles. The van der Waals surface area contributed by atoms with E-state index in [0.717, 1.165) is 0 Å². The highest BCUT2D eigenvalue weighted by molar-refractivity contribution is 7.85. The number of hydrogen-bond donors (Lipinski definition) is 0. The van der Waals surface area contributed by atoms with Crippen molar-refractivity contribution in [1.82, 2.24) is 4.98 Å². The van der Waals surface area contributed by atoms with Gasteiger partial charge in [-0.3, -0.25) is 9.00 Å². The monoisotopic (exact) mass is 247 g/mol. The van der Waals surface area contributed by atoms with E-state index < -0.39 is 10.8 Å². The summed E-state index contributed by atoms with van der Waals surface area (Å²) in [5.41, 5.74) is 0.264. The van der Waals surface area contributed by atoms with Crippen molar-refractivity contribution >= 4 is 28.2 Å². The Labute approximate surface area is 95.1 Å². The number of ketones is 1. The van der Waals surface area contributed by atoms with Crippen molar-refractivity contribution in [3.05, 3.63) is 22.8 Å². The van der Waals surface area contributed by atoms with Gasteiger partial charge in [-0.1, -0.05) is 11.6 Å². The van der Waals surface area contributed by atoms with E-state index in [2.05, 4.69) is 4.98 Å². The van der Waals surface area contributed by atoms with E-state index in [1.54, 1.807) is 0 Å². The van der Waals surface area contributed by atoms with Gasteiger partial charge in [-0.25, -0.2) is 4.98 Å². The summed E-state index contributed by atoms with van der Waals surface area (Å²) >= 11 is 5.71. The Morgan fingerprint density at radius 3 is 2.87 bits per heavy atom. The van der Waals surface area contributed by atoms with Crippen LogP contribution in [0.3, 0.4) is 0 Å². The summed E-state index contributed by atoms with van der Waals surface area (Å²) < 4.78 is 15.8. The van der Waals surface area contributed by atoms with Crippen molar-refractivity contribution in [3.63, 3.8) is 0 Å². The maximum absolute atomic E-state index is 11.6. The first-order valence-corrected chi connectivity index (χ1v) is 6.18. The van der Waals surface area contributed by atoms with Crippen LogP contribution in [0.2, 0.25) is 5.02 Å². The molecule has 1 rings (SSSR count). The predicted molar refractivity (Wildman–Crippen MR) is 59.1 cm³/mol. The highest BCUT2D eigenvalue weighted by atomic mass is 35.5. The summed E-state index contributed by atoms with van der Waals surface area (Å²) in [6.45, 7) is 0. The summed E-state index contributed by atoms with van der Waals surface area (Å²) in [6, 6.07) is 1.46. The number of hydrogen-bond acceptors (Lipinski definition) is 4. The van der Waals surface area contributed by atoms with Crippen molar-refractivity contribution in [3.8, 4) is 5.88 Å². The van der Waals surface area contributed by atoms with Gasteiger partial charge in [0.15, 0.2) is 5.78 Å². The number of methoxy groups -OCH3 is 1. The van der Waals surface area contributed by atoms with Crippen molar-refractivity contribution in [1.29, 1.82) is 0 Å². The molecule has 4 nitrogen and oxygen atoms in total. The molecule has 0 N–H and O–H groups in total. The van der Waals surface area contributed by atoms with Gasteiger partial charge < -0.3 is 4.74 Å². The standard InChI is InChI=1S/C9H10ClNO3S/c1-14-9-7(3-6(10)4-11-9)8(12)5-15(2)13/h3-4H,5H2,1-2H3. The number of nitrogens with zero attached hydrogens (tertiary/aromatic N) is 1. The molecule has 1 atom stereocenters. The van der Waals surface area contributed by atoms with Crippen molar-refractivity contribution in [2.24, 2.45) is 0 Å². The van der Waals surface area contributed by atoms with Crippen LogP contribution in [-0.2, 0) is 10.8 Å². The fourth-order valence-corrected chi connectivity index (χ4v) is 1.73. The largest absolute Gasteiger partial charge is 0.480 e. The fraction of sp³-hybridized carbons (Fsp3) is 0.333. The first-order chi connectivity index (χ1) is 7.04. The lowest BCUT2D eigenvalue weighted by Gasteiger charge is -2.05. The lowest BCUT2D eigenvalue weighted by molar-refractivity contribution is 0.101. The van der Waals surface area contributed by atoms with Gasteiger partial charge in [-0.2, -0.15) is 0 Å². The Balaban J connectivity index is 3.05. The fourth-order valence-electron chi connectivity index (χ4n) is 1.05. The van der Waals surface area contributed by atoms with Gasteiger partial charge in [-0.05, 0) is 6.07 Å². The molecule has 0 amide bonds. The van der Waals surface area contributed by atoms with Crippen LogP contribution in [-0.4, -0.2) is 34.1 Å². The maximum Gasteiger partial charge on any atom is 0.224 e. The smallest absolute Gasteiger partial charge is 0.224 e. The minimum Gasteiger partial charge on any atom is -0.480 e. The first-order valence-electron chi connectivity index (χ1n) is 4.07. The number of halogens is 1. The second-order valence-corrected chi connectivity index (χ2v) is 4.72. The molecule has 0 saturated heterocycles. The topological polar surface area (TPSA) is 56.3 Å². The highest BCUT2D eigenvalue weighted by Crippen LogP contribution is 2.19. The Hall–Kier alpha value is -0.940. The number of aromatic nitrogens is 1. The van der Waals surface area contributed by atoms with Crippen LogP contribution < -0.4 is 4.74 Å². The summed E-state index contributed by atoms with van der Waals surface area (Å²) in [7, 11) is 0.224. The molecular formula is C9H10ClNO3S. The second-order valence-electron chi connectivity index (χ2n) is 2.85. The van der Waals surface area contributed by atoms with Crippen LogP contribution in [0.1, 0.15) is 10.4 Å². The van der Waals surface area contributed by atoms with Crippen LogP contribution in [0.5, 0.6) is 5.88 Å². The zero-order chi connectivity index (χ0) is 11.4. The van der Waals surface area contributed by atoms with Crippen molar-refractivity contribution < 1.29 is 13.7 Å². The molecule has 15 heavy (non-hydrogen) atoms. The van der Waals surface area contributed by atoms with Gasteiger partial charge in [0.2, 0.25) is 5.88 Å². The van der Waals surface area contributed by atoms with Crippen molar-refractivity contribution in [2.45, 2.75) is 0 Å². The first kappa shape index (κ1) is 12.1. The number of carbonyl (C=O) groups excluding carboxylic acids is 1. The van der Waals surface area contributed by atoms with Gasteiger partial charge in [-0.15, -0.1) is 0 Å². The van der Waals surface area contributed by atoms with Crippen LogP contribution in [0, 0.1) is 0 Å². The average molecular weight is 248 g/mol. The zero-order valence-electron chi connectivity index (χ0n) is 8.32. The van der Waals surface area contributed by atoms with Crippen LogP contribution >= 0.6 is 11.6 Å². The molecule has 0 fully saturated rings. The van der Waals surface area contributed by atoms with E-state index in [1.807, 2.05) is 0 Å². The lowest BCUT2D eigenvalue weighted by atomic mass is 10.2. The second kappa shape index (κ2) is 5.23. The normalized spacial score (nSPS) is 12.2.